The van der Waals surface area contributed by atoms with Crippen LogP contribution in [0, 0.1) is 0 Å². The predicted octanol–water partition coefficient (Wildman–Crippen LogP) is 1.29. The molecule has 0 saturated heterocycles. The van der Waals surface area contributed by atoms with Crippen LogP contribution >= 0.6 is 0 Å². The lowest BCUT2D eigenvalue weighted by Gasteiger charge is -2.13. The van der Waals surface area contributed by atoms with E-state index in [-0.39, 0.29) is 31.2 Å². The van der Waals surface area contributed by atoms with Crippen LogP contribution in [0.4, 0.5) is 0 Å². The molecular formula is C14H15NO8. The monoisotopic (exact) mass is 325 g/mol. The zero-order valence-corrected chi connectivity index (χ0v) is 11.9. The molecule has 0 spiro atoms. The molecule has 23 heavy (non-hydrogen) atoms. The van der Waals surface area contributed by atoms with E-state index >= 15 is 0 Å². The van der Waals surface area contributed by atoms with Gasteiger partial charge >= 0.3 is 23.9 Å². The summed E-state index contributed by atoms with van der Waals surface area (Å²) in [6, 6.07) is 2.04. The minimum absolute atomic E-state index is 0.0117. The number of unbranched alkanes of at least 4 members (excludes halogenated alkanes) is 1. The molecule has 1 heterocycles. The Morgan fingerprint density at radius 2 is 1.43 bits per heavy atom. The molecule has 0 aliphatic heterocycles. The molecule has 0 bridgehead atoms. The molecule has 9 nitrogen and oxygen atoms in total. The largest absolute Gasteiger partial charge is 0.481 e. The van der Waals surface area contributed by atoms with Crippen molar-refractivity contribution < 1.29 is 39.6 Å². The van der Waals surface area contributed by atoms with Gasteiger partial charge in [-0.2, -0.15) is 0 Å². The van der Waals surface area contributed by atoms with Crippen molar-refractivity contribution in [3.63, 3.8) is 0 Å². The first-order chi connectivity index (χ1) is 10.7. The number of aliphatic carboxylic acids is 2. The number of carbonyl (C=O) groups is 4. The number of rotatable bonds is 9. The number of pyridine rings is 1. The lowest BCUT2D eigenvalue weighted by Crippen LogP contribution is -2.16. The third-order valence-electron chi connectivity index (χ3n) is 3.12. The Morgan fingerprint density at radius 3 is 1.83 bits per heavy atom. The highest BCUT2D eigenvalue weighted by Crippen LogP contribution is 2.24. The average Bonchev–Trinajstić information content (AvgIpc) is 2.45. The smallest absolute Gasteiger partial charge is 0.354 e. The molecule has 0 aliphatic rings. The van der Waals surface area contributed by atoms with Gasteiger partial charge in [0.15, 0.2) is 0 Å². The second kappa shape index (κ2) is 7.87. The van der Waals surface area contributed by atoms with Crippen molar-refractivity contribution >= 4 is 23.9 Å². The fourth-order valence-electron chi connectivity index (χ4n) is 2.03. The lowest BCUT2D eigenvalue weighted by atomic mass is 9.92. The number of carboxylic acids is 4. The number of aromatic carboxylic acids is 2. The molecule has 1 atom stereocenters. The minimum atomic E-state index is -1.47. The molecule has 9 heteroatoms. The number of hydrogen-bond donors (Lipinski definition) is 4. The third-order valence-corrected chi connectivity index (χ3v) is 3.12. The van der Waals surface area contributed by atoms with Crippen LogP contribution in [0.1, 0.15) is 58.1 Å². The van der Waals surface area contributed by atoms with Crippen LogP contribution < -0.4 is 0 Å². The Balaban J connectivity index is 3.06. The standard InChI is InChI=1S/C14H15NO8/c16-11(17)4-2-1-3-8(12(18)19)7-5-9(13(20)21)15-10(6-7)14(22)23/h5-6,8H,1-4H2,(H,16,17)(H,18,19)(H,20,21)(H,22,23). The summed E-state index contributed by atoms with van der Waals surface area (Å²) < 4.78 is 0. The van der Waals surface area contributed by atoms with Gasteiger partial charge < -0.3 is 20.4 Å². The summed E-state index contributed by atoms with van der Waals surface area (Å²) in [7, 11) is 0. The van der Waals surface area contributed by atoms with Crippen molar-refractivity contribution in [2.45, 2.75) is 31.6 Å². The molecule has 0 amide bonds. The van der Waals surface area contributed by atoms with Gasteiger partial charge in [0.25, 0.3) is 0 Å². The van der Waals surface area contributed by atoms with Crippen molar-refractivity contribution in [3.8, 4) is 0 Å². The summed E-state index contributed by atoms with van der Waals surface area (Å²) >= 11 is 0. The first-order valence-electron chi connectivity index (χ1n) is 6.65. The van der Waals surface area contributed by atoms with Gasteiger partial charge in [0.05, 0.1) is 5.92 Å². The van der Waals surface area contributed by atoms with Gasteiger partial charge in [0.2, 0.25) is 0 Å². The molecule has 1 rings (SSSR count). The van der Waals surface area contributed by atoms with Gasteiger partial charge in [-0.05, 0) is 30.5 Å². The van der Waals surface area contributed by atoms with Crippen LogP contribution in [0.2, 0.25) is 0 Å². The first-order valence-corrected chi connectivity index (χ1v) is 6.65. The van der Waals surface area contributed by atoms with E-state index in [0.29, 0.717) is 0 Å². The van der Waals surface area contributed by atoms with Gasteiger partial charge in [-0.3, -0.25) is 9.59 Å². The highest BCUT2D eigenvalue weighted by molar-refractivity contribution is 5.91. The van der Waals surface area contributed by atoms with Crippen molar-refractivity contribution in [2.24, 2.45) is 0 Å². The summed E-state index contributed by atoms with van der Waals surface area (Å²) in [5.74, 6) is -6.32. The highest BCUT2D eigenvalue weighted by atomic mass is 16.4. The summed E-state index contributed by atoms with van der Waals surface area (Å²) in [4.78, 5) is 47.2. The summed E-state index contributed by atoms with van der Waals surface area (Å²) in [5, 5.41) is 35.7. The highest BCUT2D eigenvalue weighted by Gasteiger charge is 2.23. The van der Waals surface area contributed by atoms with E-state index in [2.05, 4.69) is 4.98 Å². The molecular weight excluding hydrogens is 310 g/mol. The minimum Gasteiger partial charge on any atom is -0.481 e. The maximum Gasteiger partial charge on any atom is 0.354 e. The molecule has 0 fully saturated rings. The predicted molar refractivity (Wildman–Crippen MR) is 74.6 cm³/mol. The number of aromatic nitrogens is 1. The molecule has 0 aliphatic carbocycles. The van der Waals surface area contributed by atoms with E-state index in [1.165, 1.54) is 0 Å². The van der Waals surface area contributed by atoms with Crippen molar-refractivity contribution in [1.29, 1.82) is 0 Å². The average molecular weight is 325 g/mol. The molecule has 0 aromatic carbocycles. The van der Waals surface area contributed by atoms with Gasteiger partial charge in [-0.25, -0.2) is 14.6 Å². The van der Waals surface area contributed by atoms with E-state index in [1.54, 1.807) is 0 Å². The summed E-state index contributed by atoms with van der Waals surface area (Å²) in [6.45, 7) is 0. The second-order valence-electron chi connectivity index (χ2n) is 4.81. The number of carboxylic acid groups (broad SMARTS) is 4. The van der Waals surface area contributed by atoms with Crippen LogP contribution in [-0.2, 0) is 9.59 Å². The molecule has 1 unspecified atom stereocenters. The van der Waals surface area contributed by atoms with E-state index in [1.807, 2.05) is 0 Å². The van der Waals surface area contributed by atoms with Gasteiger partial charge in [-0.1, -0.05) is 6.42 Å². The maximum atomic E-state index is 11.4. The van der Waals surface area contributed by atoms with Crippen LogP contribution in [0.3, 0.4) is 0 Å². The van der Waals surface area contributed by atoms with E-state index in [9.17, 15) is 24.3 Å². The summed E-state index contributed by atoms with van der Waals surface area (Å²) in [5.41, 5.74) is -1.11. The quantitative estimate of drug-likeness (QED) is 0.490. The second-order valence-corrected chi connectivity index (χ2v) is 4.81. The van der Waals surface area contributed by atoms with Gasteiger partial charge in [-0.15, -0.1) is 0 Å². The normalized spacial score (nSPS) is 11.7. The Labute approximate surface area is 130 Å². The van der Waals surface area contributed by atoms with Crippen LogP contribution in [0.5, 0.6) is 0 Å². The topological polar surface area (TPSA) is 162 Å². The van der Waals surface area contributed by atoms with Gasteiger partial charge in [0.1, 0.15) is 11.4 Å². The number of nitrogens with zero attached hydrogens (tertiary/aromatic N) is 1. The fourth-order valence-corrected chi connectivity index (χ4v) is 2.03. The van der Waals surface area contributed by atoms with Crippen LogP contribution in [0.25, 0.3) is 0 Å². The zero-order chi connectivity index (χ0) is 17.6. The van der Waals surface area contributed by atoms with Gasteiger partial charge in [0, 0.05) is 6.42 Å². The zero-order valence-electron chi connectivity index (χ0n) is 11.9. The lowest BCUT2D eigenvalue weighted by molar-refractivity contribution is -0.139. The summed E-state index contributed by atoms with van der Waals surface area (Å²) in [6.07, 6.45) is 0.506. The SMILES string of the molecule is O=C(O)CCCCC(C(=O)O)c1cc(C(=O)O)nc(C(=O)O)c1. The Hall–Kier alpha value is -2.97. The fraction of sp³-hybridized carbons (Fsp3) is 0.357. The number of hydrogen-bond acceptors (Lipinski definition) is 5. The van der Waals surface area contributed by atoms with Crippen molar-refractivity contribution in [2.75, 3.05) is 0 Å². The first kappa shape index (κ1) is 18.1. The van der Waals surface area contributed by atoms with Crippen LogP contribution in [-0.4, -0.2) is 49.3 Å². The van der Waals surface area contributed by atoms with E-state index in [0.717, 1.165) is 12.1 Å². The molecule has 0 radical (unpaired) electrons. The molecule has 4 N–H and O–H groups in total. The van der Waals surface area contributed by atoms with E-state index < -0.39 is 41.2 Å². The molecule has 1 aromatic rings. The molecule has 0 saturated carbocycles. The molecule has 1 aromatic heterocycles. The molecule has 124 valence electrons. The van der Waals surface area contributed by atoms with Crippen LogP contribution in [0.15, 0.2) is 12.1 Å². The third kappa shape index (κ3) is 5.38. The Morgan fingerprint density at radius 1 is 0.913 bits per heavy atom. The van der Waals surface area contributed by atoms with Crippen molar-refractivity contribution in [1.82, 2.24) is 4.98 Å². The maximum absolute atomic E-state index is 11.4. The van der Waals surface area contributed by atoms with Crippen molar-refractivity contribution in [3.05, 3.63) is 29.1 Å². The Kier molecular flexibility index (Phi) is 6.19. The Bertz CT molecular complexity index is 607. The van der Waals surface area contributed by atoms with E-state index in [4.69, 9.17) is 15.3 Å².